The number of carbonyl (C=O) groups excluding carboxylic acids is 1. The third-order valence-corrected chi connectivity index (χ3v) is 6.05. The van der Waals surface area contributed by atoms with Crippen LogP contribution in [0, 0.1) is 6.92 Å². The summed E-state index contributed by atoms with van der Waals surface area (Å²) >= 11 is 1.48. The first-order chi connectivity index (χ1) is 12.2. The maximum atomic E-state index is 12.4. The maximum Gasteiger partial charge on any atom is 0.323 e. The molecule has 6 heteroatoms. The Balaban J connectivity index is 1.36. The van der Waals surface area contributed by atoms with Gasteiger partial charge in [-0.2, -0.15) is 0 Å². The van der Waals surface area contributed by atoms with Crippen LogP contribution in [0.1, 0.15) is 30.5 Å². The van der Waals surface area contributed by atoms with Gasteiger partial charge in [0.25, 0.3) is 0 Å². The van der Waals surface area contributed by atoms with Crippen molar-refractivity contribution in [1.82, 2.24) is 9.88 Å². The molecule has 2 aliphatic heterocycles. The van der Waals surface area contributed by atoms with Crippen LogP contribution in [0.3, 0.4) is 0 Å². The normalized spacial score (nSPS) is 18.1. The SMILES string of the molecule is Cc1csc(NC(=O)N2CCC(N3CCCc4ccccc43)CC2)n1. The van der Waals surface area contributed by atoms with Crippen molar-refractivity contribution in [2.24, 2.45) is 0 Å². The summed E-state index contributed by atoms with van der Waals surface area (Å²) in [6.07, 6.45) is 4.46. The zero-order chi connectivity index (χ0) is 17.2. The van der Waals surface area contributed by atoms with E-state index in [9.17, 15) is 4.79 Å². The van der Waals surface area contributed by atoms with Crippen molar-refractivity contribution < 1.29 is 4.79 Å². The zero-order valence-electron chi connectivity index (χ0n) is 14.6. The van der Waals surface area contributed by atoms with E-state index in [-0.39, 0.29) is 6.03 Å². The van der Waals surface area contributed by atoms with Gasteiger partial charge in [0.2, 0.25) is 0 Å². The summed E-state index contributed by atoms with van der Waals surface area (Å²) in [4.78, 5) is 21.2. The molecular weight excluding hydrogens is 332 g/mol. The largest absolute Gasteiger partial charge is 0.368 e. The Labute approximate surface area is 152 Å². The summed E-state index contributed by atoms with van der Waals surface area (Å²) in [6.45, 7) is 4.68. The van der Waals surface area contributed by atoms with Gasteiger partial charge in [0, 0.05) is 36.7 Å². The van der Waals surface area contributed by atoms with Crippen molar-refractivity contribution in [2.75, 3.05) is 29.9 Å². The molecule has 25 heavy (non-hydrogen) atoms. The molecule has 0 atom stereocenters. The van der Waals surface area contributed by atoms with E-state index in [2.05, 4.69) is 39.5 Å². The van der Waals surface area contributed by atoms with Gasteiger partial charge in [-0.1, -0.05) is 18.2 Å². The highest BCUT2D eigenvalue weighted by Crippen LogP contribution is 2.31. The van der Waals surface area contributed by atoms with E-state index in [4.69, 9.17) is 0 Å². The van der Waals surface area contributed by atoms with Crippen molar-refractivity contribution in [1.29, 1.82) is 0 Å². The number of likely N-dealkylation sites (tertiary alicyclic amines) is 1. The Hall–Kier alpha value is -2.08. The molecule has 2 amide bonds. The van der Waals surface area contributed by atoms with Crippen molar-refractivity contribution in [3.63, 3.8) is 0 Å². The quantitative estimate of drug-likeness (QED) is 0.888. The molecular formula is C19H24N4OS. The summed E-state index contributed by atoms with van der Waals surface area (Å²) in [5.74, 6) is 0. The molecule has 4 rings (SSSR count). The molecule has 1 aromatic carbocycles. The summed E-state index contributed by atoms with van der Waals surface area (Å²) in [5.41, 5.74) is 3.81. The molecule has 0 aliphatic carbocycles. The Morgan fingerprint density at radius 3 is 2.80 bits per heavy atom. The van der Waals surface area contributed by atoms with Crippen LogP contribution in [0.4, 0.5) is 15.6 Å². The van der Waals surface area contributed by atoms with Gasteiger partial charge in [0.15, 0.2) is 5.13 Å². The number of aromatic nitrogens is 1. The van der Waals surface area contributed by atoms with Gasteiger partial charge in [0.05, 0.1) is 5.69 Å². The van der Waals surface area contributed by atoms with Crippen LogP contribution >= 0.6 is 11.3 Å². The number of thiazole rings is 1. The third-order valence-electron chi connectivity index (χ3n) is 5.17. The number of anilines is 2. The van der Waals surface area contributed by atoms with Crippen LogP contribution in [0.25, 0.3) is 0 Å². The van der Waals surface area contributed by atoms with E-state index in [0.29, 0.717) is 11.2 Å². The number of para-hydroxylation sites is 1. The molecule has 0 spiro atoms. The summed E-state index contributed by atoms with van der Waals surface area (Å²) in [7, 11) is 0. The lowest BCUT2D eigenvalue weighted by Gasteiger charge is -2.42. The van der Waals surface area contributed by atoms with Gasteiger partial charge < -0.3 is 9.80 Å². The van der Waals surface area contributed by atoms with Crippen LogP contribution < -0.4 is 10.2 Å². The highest BCUT2D eigenvalue weighted by molar-refractivity contribution is 7.13. The second kappa shape index (κ2) is 7.04. The van der Waals surface area contributed by atoms with E-state index >= 15 is 0 Å². The molecule has 1 aromatic heterocycles. The van der Waals surface area contributed by atoms with Crippen LogP contribution in [-0.4, -0.2) is 41.6 Å². The van der Waals surface area contributed by atoms with Crippen LogP contribution in [0.2, 0.25) is 0 Å². The maximum absolute atomic E-state index is 12.4. The first-order valence-electron chi connectivity index (χ1n) is 9.03. The van der Waals surface area contributed by atoms with Crippen LogP contribution in [0.5, 0.6) is 0 Å². The number of hydrogen-bond acceptors (Lipinski definition) is 4. The van der Waals surface area contributed by atoms with Crippen molar-refractivity contribution >= 4 is 28.2 Å². The lowest BCUT2D eigenvalue weighted by molar-refractivity contribution is 0.193. The fraction of sp³-hybridized carbons (Fsp3) is 0.474. The third kappa shape index (κ3) is 3.49. The predicted molar refractivity (Wildman–Crippen MR) is 103 cm³/mol. The number of piperidine rings is 1. The van der Waals surface area contributed by atoms with E-state index in [1.165, 1.54) is 35.4 Å². The number of hydrogen-bond donors (Lipinski definition) is 1. The smallest absolute Gasteiger partial charge is 0.323 e. The van der Waals surface area contributed by atoms with Crippen LogP contribution in [-0.2, 0) is 6.42 Å². The number of amides is 2. The first-order valence-corrected chi connectivity index (χ1v) is 9.91. The number of rotatable bonds is 2. The Bertz CT molecular complexity index is 751. The molecule has 132 valence electrons. The molecule has 0 unspecified atom stereocenters. The minimum Gasteiger partial charge on any atom is -0.368 e. The molecule has 5 nitrogen and oxygen atoms in total. The van der Waals surface area contributed by atoms with E-state index in [1.54, 1.807) is 0 Å². The molecule has 3 heterocycles. The van der Waals surface area contributed by atoms with Gasteiger partial charge in [-0.25, -0.2) is 9.78 Å². The van der Waals surface area contributed by atoms with Gasteiger partial charge in [-0.3, -0.25) is 5.32 Å². The zero-order valence-corrected chi connectivity index (χ0v) is 15.4. The van der Waals surface area contributed by atoms with Gasteiger partial charge in [-0.05, 0) is 44.2 Å². The fourth-order valence-corrected chi connectivity index (χ4v) is 4.58. The number of carbonyl (C=O) groups is 1. The monoisotopic (exact) mass is 356 g/mol. The second-order valence-electron chi connectivity index (χ2n) is 6.87. The predicted octanol–water partition coefficient (Wildman–Crippen LogP) is 3.90. The summed E-state index contributed by atoms with van der Waals surface area (Å²) < 4.78 is 0. The number of urea groups is 1. The fourth-order valence-electron chi connectivity index (χ4n) is 3.90. The molecule has 1 N–H and O–H groups in total. The molecule has 2 aromatic rings. The average molecular weight is 356 g/mol. The molecule has 1 saturated heterocycles. The standard InChI is InChI=1S/C19H24N4OS/c1-14-13-25-18(20-14)21-19(24)22-11-8-16(9-12-22)23-10-4-6-15-5-2-3-7-17(15)23/h2-3,5,7,13,16H,4,6,8-12H2,1H3,(H,20,21,24). The second-order valence-corrected chi connectivity index (χ2v) is 7.73. The van der Waals surface area contributed by atoms with Gasteiger partial charge in [-0.15, -0.1) is 11.3 Å². The highest BCUT2D eigenvalue weighted by atomic mass is 32.1. The van der Waals surface area contributed by atoms with Crippen molar-refractivity contribution in [3.8, 4) is 0 Å². The Morgan fingerprint density at radius 1 is 1.24 bits per heavy atom. The number of nitrogens with one attached hydrogen (secondary N) is 1. The number of aryl methyl sites for hydroxylation is 2. The van der Waals surface area contributed by atoms with Crippen molar-refractivity contribution in [2.45, 2.75) is 38.6 Å². The van der Waals surface area contributed by atoms with Gasteiger partial charge in [0.1, 0.15) is 0 Å². The molecule has 2 aliphatic rings. The lowest BCUT2D eigenvalue weighted by Crippen LogP contribution is -2.49. The van der Waals surface area contributed by atoms with E-state index in [0.717, 1.165) is 38.2 Å². The number of fused-ring (bicyclic) bond motifs is 1. The molecule has 0 radical (unpaired) electrons. The van der Waals surface area contributed by atoms with E-state index < -0.39 is 0 Å². The number of nitrogens with zero attached hydrogens (tertiary/aromatic N) is 3. The summed E-state index contributed by atoms with van der Waals surface area (Å²) in [6, 6.07) is 9.28. The number of benzene rings is 1. The summed E-state index contributed by atoms with van der Waals surface area (Å²) in [5, 5.41) is 5.57. The Kier molecular flexibility index (Phi) is 4.61. The van der Waals surface area contributed by atoms with Crippen molar-refractivity contribution in [3.05, 3.63) is 40.9 Å². The first kappa shape index (κ1) is 16.4. The Morgan fingerprint density at radius 2 is 2.04 bits per heavy atom. The van der Waals surface area contributed by atoms with Crippen LogP contribution in [0.15, 0.2) is 29.6 Å². The minimum atomic E-state index is -0.0214. The lowest BCUT2D eigenvalue weighted by atomic mass is 9.96. The molecule has 0 bridgehead atoms. The average Bonchev–Trinajstić information content (AvgIpc) is 3.06. The molecule has 1 fully saturated rings. The van der Waals surface area contributed by atoms with E-state index in [1.807, 2.05) is 17.2 Å². The minimum absolute atomic E-state index is 0.0214. The topological polar surface area (TPSA) is 48.5 Å². The van der Waals surface area contributed by atoms with Gasteiger partial charge >= 0.3 is 6.03 Å². The highest BCUT2D eigenvalue weighted by Gasteiger charge is 2.29. The molecule has 0 saturated carbocycles.